The van der Waals surface area contributed by atoms with Crippen LogP contribution in [0.4, 0.5) is 4.39 Å². The lowest BCUT2D eigenvalue weighted by Gasteiger charge is -2.41. The quantitative estimate of drug-likeness (QED) is 0.707. The van der Waals surface area contributed by atoms with E-state index in [4.69, 9.17) is 9.15 Å². The molecule has 0 saturated carbocycles. The summed E-state index contributed by atoms with van der Waals surface area (Å²) in [6, 6.07) is 11.8. The van der Waals surface area contributed by atoms with Crippen molar-refractivity contribution in [3.63, 3.8) is 0 Å². The molecule has 1 saturated heterocycles. The van der Waals surface area contributed by atoms with Gasteiger partial charge in [-0.3, -0.25) is 4.79 Å². The standard InChI is InChI=1S/C20H18FNO3/c1-12-16-8-7-15(24-2)11-18(16)25-19(12)20(23)22-10-9-17(22)13-3-5-14(21)6-4-13/h3-8,11,17H,9-10H2,1-2H3/t17-/m1/s1. The Hall–Kier alpha value is -2.82. The summed E-state index contributed by atoms with van der Waals surface area (Å²) in [6.45, 7) is 2.55. The second-order valence-electron chi connectivity index (χ2n) is 6.27. The minimum atomic E-state index is -0.275. The highest BCUT2D eigenvalue weighted by Crippen LogP contribution is 2.37. The maximum atomic E-state index is 13.1. The average molecular weight is 339 g/mol. The van der Waals surface area contributed by atoms with E-state index in [1.165, 1.54) is 12.1 Å². The number of carbonyl (C=O) groups is 1. The molecule has 1 atom stereocenters. The third-order valence-electron chi connectivity index (χ3n) is 4.87. The molecule has 1 aliphatic heterocycles. The molecule has 0 bridgehead atoms. The fraction of sp³-hybridized carbons (Fsp3) is 0.250. The lowest BCUT2D eigenvalue weighted by molar-refractivity contribution is 0.0429. The predicted octanol–water partition coefficient (Wildman–Crippen LogP) is 4.48. The number of likely N-dealkylation sites (tertiary alicyclic amines) is 1. The van der Waals surface area contributed by atoms with Gasteiger partial charge in [0.2, 0.25) is 0 Å². The van der Waals surface area contributed by atoms with Crippen molar-refractivity contribution in [2.45, 2.75) is 19.4 Å². The van der Waals surface area contributed by atoms with E-state index in [9.17, 15) is 9.18 Å². The Kier molecular flexibility index (Phi) is 3.71. The molecule has 0 unspecified atom stereocenters. The molecule has 1 aliphatic rings. The first-order valence-corrected chi connectivity index (χ1v) is 8.22. The summed E-state index contributed by atoms with van der Waals surface area (Å²) in [5.41, 5.74) is 2.41. The van der Waals surface area contributed by atoms with Gasteiger partial charge in [-0.2, -0.15) is 0 Å². The zero-order valence-electron chi connectivity index (χ0n) is 14.1. The largest absolute Gasteiger partial charge is 0.497 e. The van der Waals surface area contributed by atoms with Crippen molar-refractivity contribution in [2.24, 2.45) is 0 Å². The van der Waals surface area contributed by atoms with Crippen LogP contribution in [0.5, 0.6) is 5.75 Å². The van der Waals surface area contributed by atoms with E-state index in [1.54, 1.807) is 30.2 Å². The first-order chi connectivity index (χ1) is 12.1. The first kappa shape index (κ1) is 15.7. The summed E-state index contributed by atoms with van der Waals surface area (Å²) >= 11 is 0. The van der Waals surface area contributed by atoms with Gasteiger partial charge in [-0.25, -0.2) is 4.39 Å². The van der Waals surface area contributed by atoms with Gasteiger partial charge in [-0.05, 0) is 43.2 Å². The van der Waals surface area contributed by atoms with Gasteiger partial charge in [0.15, 0.2) is 5.76 Å². The molecule has 2 aromatic carbocycles. The lowest BCUT2D eigenvalue weighted by atomic mass is 9.94. The molecule has 128 valence electrons. The molecule has 25 heavy (non-hydrogen) atoms. The highest BCUT2D eigenvalue weighted by molar-refractivity contribution is 5.99. The van der Waals surface area contributed by atoms with Crippen molar-refractivity contribution in [3.8, 4) is 5.75 Å². The molecule has 1 fully saturated rings. The number of carbonyl (C=O) groups excluding carboxylic acids is 1. The van der Waals surface area contributed by atoms with Crippen LogP contribution in [0.15, 0.2) is 46.9 Å². The molecule has 0 radical (unpaired) electrons. The topological polar surface area (TPSA) is 42.7 Å². The molecule has 2 heterocycles. The van der Waals surface area contributed by atoms with Gasteiger partial charge in [0, 0.05) is 23.6 Å². The van der Waals surface area contributed by atoms with Crippen LogP contribution in [0.1, 0.15) is 34.1 Å². The average Bonchev–Trinajstić information content (AvgIpc) is 2.92. The molecule has 1 amide bonds. The first-order valence-electron chi connectivity index (χ1n) is 8.22. The van der Waals surface area contributed by atoms with Crippen molar-refractivity contribution in [3.05, 3.63) is 65.2 Å². The number of ether oxygens (including phenoxy) is 1. The minimum absolute atomic E-state index is 0.0322. The van der Waals surface area contributed by atoms with Crippen LogP contribution in [0.2, 0.25) is 0 Å². The minimum Gasteiger partial charge on any atom is -0.497 e. The number of methoxy groups -OCH3 is 1. The fourth-order valence-electron chi connectivity index (χ4n) is 3.33. The van der Waals surface area contributed by atoms with E-state index < -0.39 is 0 Å². The second kappa shape index (κ2) is 5.92. The number of aryl methyl sites for hydroxylation is 1. The van der Waals surface area contributed by atoms with Crippen LogP contribution in [-0.2, 0) is 0 Å². The summed E-state index contributed by atoms with van der Waals surface area (Å²) < 4.78 is 24.2. The van der Waals surface area contributed by atoms with Crippen LogP contribution < -0.4 is 4.74 Å². The number of nitrogens with zero attached hydrogens (tertiary/aromatic N) is 1. The van der Waals surface area contributed by atoms with E-state index in [1.807, 2.05) is 19.1 Å². The van der Waals surface area contributed by atoms with E-state index in [-0.39, 0.29) is 17.8 Å². The van der Waals surface area contributed by atoms with Crippen molar-refractivity contribution in [1.82, 2.24) is 4.90 Å². The SMILES string of the molecule is COc1ccc2c(C)c(C(=O)N3CC[C@@H]3c3ccc(F)cc3)oc2c1. The Balaban J connectivity index is 1.65. The molecule has 5 heteroatoms. The Morgan fingerprint density at radius 2 is 2.00 bits per heavy atom. The van der Waals surface area contributed by atoms with Gasteiger partial charge >= 0.3 is 0 Å². The zero-order valence-corrected chi connectivity index (χ0v) is 14.1. The predicted molar refractivity (Wildman–Crippen MR) is 92.3 cm³/mol. The van der Waals surface area contributed by atoms with Crippen LogP contribution in [0.3, 0.4) is 0 Å². The monoisotopic (exact) mass is 339 g/mol. The normalized spacial score (nSPS) is 16.8. The highest BCUT2D eigenvalue weighted by Gasteiger charge is 2.36. The highest BCUT2D eigenvalue weighted by atomic mass is 19.1. The number of hydrogen-bond acceptors (Lipinski definition) is 3. The molecular weight excluding hydrogens is 321 g/mol. The van der Waals surface area contributed by atoms with Gasteiger partial charge in [-0.15, -0.1) is 0 Å². The summed E-state index contributed by atoms with van der Waals surface area (Å²) in [7, 11) is 1.59. The van der Waals surface area contributed by atoms with Crippen LogP contribution >= 0.6 is 0 Å². The molecule has 0 N–H and O–H groups in total. The van der Waals surface area contributed by atoms with Gasteiger partial charge in [0.25, 0.3) is 5.91 Å². The van der Waals surface area contributed by atoms with Gasteiger partial charge in [0.1, 0.15) is 17.1 Å². The summed E-state index contributed by atoms with van der Waals surface area (Å²) in [6.07, 6.45) is 0.866. The maximum Gasteiger partial charge on any atom is 0.290 e. The molecular formula is C20H18FNO3. The Bertz CT molecular complexity index is 945. The van der Waals surface area contributed by atoms with E-state index in [0.29, 0.717) is 23.6 Å². The number of rotatable bonds is 3. The summed E-state index contributed by atoms with van der Waals surface area (Å²) in [5.74, 6) is 0.639. The van der Waals surface area contributed by atoms with Gasteiger partial charge in [-0.1, -0.05) is 12.1 Å². The zero-order chi connectivity index (χ0) is 17.6. The Morgan fingerprint density at radius 3 is 2.64 bits per heavy atom. The smallest absolute Gasteiger partial charge is 0.290 e. The number of hydrogen-bond donors (Lipinski definition) is 0. The number of fused-ring (bicyclic) bond motifs is 1. The lowest BCUT2D eigenvalue weighted by Crippen LogP contribution is -2.45. The van der Waals surface area contributed by atoms with Crippen molar-refractivity contribution < 1.29 is 18.3 Å². The van der Waals surface area contributed by atoms with E-state index in [2.05, 4.69) is 0 Å². The number of furan rings is 1. The maximum absolute atomic E-state index is 13.1. The summed E-state index contributed by atoms with van der Waals surface area (Å²) in [5, 5.41) is 0.906. The Labute approximate surface area is 144 Å². The number of halogens is 1. The summed E-state index contributed by atoms with van der Waals surface area (Å²) in [4.78, 5) is 14.7. The van der Waals surface area contributed by atoms with Crippen LogP contribution in [0.25, 0.3) is 11.0 Å². The molecule has 4 nitrogen and oxygen atoms in total. The van der Waals surface area contributed by atoms with Gasteiger partial charge in [0.05, 0.1) is 13.2 Å². The van der Waals surface area contributed by atoms with Crippen molar-refractivity contribution in [1.29, 1.82) is 0 Å². The molecule has 3 aromatic rings. The number of amides is 1. The fourth-order valence-corrected chi connectivity index (χ4v) is 3.33. The van der Waals surface area contributed by atoms with Crippen molar-refractivity contribution in [2.75, 3.05) is 13.7 Å². The van der Waals surface area contributed by atoms with Gasteiger partial charge < -0.3 is 14.1 Å². The Morgan fingerprint density at radius 1 is 1.24 bits per heavy atom. The molecule has 0 aliphatic carbocycles. The second-order valence-corrected chi connectivity index (χ2v) is 6.27. The third kappa shape index (κ3) is 2.56. The van der Waals surface area contributed by atoms with E-state index in [0.717, 1.165) is 22.9 Å². The molecule has 1 aromatic heterocycles. The third-order valence-corrected chi connectivity index (χ3v) is 4.87. The van der Waals surface area contributed by atoms with Crippen LogP contribution in [-0.4, -0.2) is 24.5 Å². The molecule has 4 rings (SSSR count). The van der Waals surface area contributed by atoms with Crippen LogP contribution in [0, 0.1) is 12.7 Å². The molecule has 0 spiro atoms. The number of benzene rings is 2. The van der Waals surface area contributed by atoms with Crippen molar-refractivity contribution >= 4 is 16.9 Å². The van der Waals surface area contributed by atoms with E-state index >= 15 is 0 Å².